The largest absolute Gasteiger partial charge is 0.316 e. The SMILES string of the molecule is [N-]=[N+]=NC1c2cc(F)ccc2N(c2ccccn2)C1N=[N+]=[N-]. The van der Waals surface area contributed by atoms with Gasteiger partial charge in [0, 0.05) is 21.7 Å². The summed E-state index contributed by atoms with van der Waals surface area (Å²) in [6, 6.07) is 8.54. The summed E-state index contributed by atoms with van der Waals surface area (Å²) in [5, 5.41) is 7.37. The van der Waals surface area contributed by atoms with E-state index in [1.54, 1.807) is 35.4 Å². The van der Waals surface area contributed by atoms with Crippen molar-refractivity contribution in [2.75, 3.05) is 4.90 Å². The van der Waals surface area contributed by atoms with Crippen molar-refractivity contribution in [2.24, 2.45) is 10.2 Å². The van der Waals surface area contributed by atoms with Crippen LogP contribution in [0.4, 0.5) is 15.9 Å². The molecule has 2 unspecified atom stereocenters. The Morgan fingerprint density at radius 3 is 2.64 bits per heavy atom. The van der Waals surface area contributed by atoms with E-state index in [4.69, 9.17) is 11.1 Å². The van der Waals surface area contributed by atoms with Gasteiger partial charge < -0.3 is 4.90 Å². The number of benzene rings is 1. The Bertz CT molecular complexity index is 795. The fourth-order valence-electron chi connectivity index (χ4n) is 2.53. The van der Waals surface area contributed by atoms with Gasteiger partial charge in [0.05, 0.1) is 6.04 Å². The van der Waals surface area contributed by atoms with Crippen LogP contribution in [0.2, 0.25) is 0 Å². The van der Waals surface area contributed by atoms with Crippen molar-refractivity contribution in [1.29, 1.82) is 0 Å². The third-order valence-electron chi connectivity index (χ3n) is 3.36. The van der Waals surface area contributed by atoms with Crippen molar-refractivity contribution < 1.29 is 4.39 Å². The molecule has 0 fully saturated rings. The van der Waals surface area contributed by atoms with Gasteiger partial charge in [-0.05, 0) is 47.0 Å². The summed E-state index contributed by atoms with van der Waals surface area (Å²) in [6.45, 7) is 0. The highest BCUT2D eigenvalue weighted by Gasteiger charge is 2.39. The van der Waals surface area contributed by atoms with Crippen molar-refractivity contribution in [3.63, 3.8) is 0 Å². The predicted octanol–water partition coefficient (Wildman–Crippen LogP) is 4.36. The van der Waals surface area contributed by atoms with Gasteiger partial charge in [-0.25, -0.2) is 9.37 Å². The molecule has 0 spiro atoms. The van der Waals surface area contributed by atoms with E-state index in [0.717, 1.165) is 0 Å². The first-order valence-corrected chi connectivity index (χ1v) is 6.34. The quantitative estimate of drug-likeness (QED) is 0.475. The average Bonchev–Trinajstić information content (AvgIpc) is 2.82. The van der Waals surface area contributed by atoms with Gasteiger partial charge in [0.1, 0.15) is 17.8 Å². The van der Waals surface area contributed by atoms with Gasteiger partial charge in [-0.2, -0.15) is 0 Å². The van der Waals surface area contributed by atoms with E-state index < -0.39 is 18.0 Å². The summed E-state index contributed by atoms with van der Waals surface area (Å²) < 4.78 is 13.5. The molecule has 0 bridgehead atoms. The Labute approximate surface area is 124 Å². The third kappa shape index (κ3) is 2.16. The normalized spacial score (nSPS) is 19.0. The summed E-state index contributed by atoms with van der Waals surface area (Å²) in [7, 11) is 0. The third-order valence-corrected chi connectivity index (χ3v) is 3.36. The summed E-state index contributed by atoms with van der Waals surface area (Å²) in [4.78, 5) is 11.4. The lowest BCUT2D eigenvalue weighted by atomic mass is 10.1. The number of anilines is 2. The number of hydrogen-bond acceptors (Lipinski definition) is 4. The Morgan fingerprint density at radius 2 is 1.95 bits per heavy atom. The molecule has 8 nitrogen and oxygen atoms in total. The van der Waals surface area contributed by atoms with E-state index in [2.05, 4.69) is 25.0 Å². The maximum Gasteiger partial charge on any atom is 0.133 e. The highest BCUT2D eigenvalue weighted by molar-refractivity contribution is 5.70. The molecule has 0 N–H and O–H groups in total. The van der Waals surface area contributed by atoms with E-state index in [1.807, 2.05) is 0 Å². The number of azide groups is 2. The monoisotopic (exact) mass is 296 g/mol. The van der Waals surface area contributed by atoms with Crippen LogP contribution < -0.4 is 4.90 Å². The van der Waals surface area contributed by atoms with E-state index in [1.165, 1.54) is 12.1 Å². The van der Waals surface area contributed by atoms with Crippen LogP contribution in [0.3, 0.4) is 0 Å². The van der Waals surface area contributed by atoms with Crippen LogP contribution in [0.1, 0.15) is 11.6 Å². The molecule has 108 valence electrons. The van der Waals surface area contributed by atoms with Crippen LogP contribution in [0.5, 0.6) is 0 Å². The fourth-order valence-corrected chi connectivity index (χ4v) is 2.53. The first kappa shape index (κ1) is 13.7. The van der Waals surface area contributed by atoms with Crippen molar-refractivity contribution in [2.45, 2.75) is 12.2 Å². The first-order valence-electron chi connectivity index (χ1n) is 6.34. The molecule has 1 aromatic carbocycles. The smallest absolute Gasteiger partial charge is 0.133 e. The second kappa shape index (κ2) is 5.61. The maximum absolute atomic E-state index is 13.5. The zero-order valence-corrected chi connectivity index (χ0v) is 11.2. The Balaban J connectivity index is 2.23. The maximum atomic E-state index is 13.5. The number of rotatable bonds is 3. The number of aromatic nitrogens is 1. The molecule has 2 atom stereocenters. The average molecular weight is 296 g/mol. The second-order valence-electron chi connectivity index (χ2n) is 4.53. The zero-order chi connectivity index (χ0) is 15.5. The van der Waals surface area contributed by atoms with Gasteiger partial charge in [0.2, 0.25) is 0 Å². The molecule has 1 aliphatic heterocycles. The Morgan fingerprint density at radius 1 is 1.14 bits per heavy atom. The zero-order valence-electron chi connectivity index (χ0n) is 11.2. The van der Waals surface area contributed by atoms with Crippen LogP contribution in [0.25, 0.3) is 20.9 Å². The van der Waals surface area contributed by atoms with Crippen LogP contribution in [-0.2, 0) is 0 Å². The van der Waals surface area contributed by atoms with Gasteiger partial charge in [-0.1, -0.05) is 16.3 Å². The first-order chi connectivity index (χ1) is 10.8. The molecule has 2 heterocycles. The molecule has 1 aromatic heterocycles. The number of fused-ring (bicyclic) bond motifs is 1. The van der Waals surface area contributed by atoms with Crippen LogP contribution >= 0.6 is 0 Å². The standard InChI is InChI=1S/C13H9FN8/c14-8-4-5-10-9(7-8)12(18-20-15)13(19-21-16)22(10)11-3-1-2-6-17-11/h1-7,12-13H. The number of halogens is 1. The molecular formula is C13H9FN8. The molecule has 2 aromatic rings. The molecule has 0 amide bonds. The molecule has 3 rings (SSSR count). The van der Waals surface area contributed by atoms with Crippen LogP contribution in [0.15, 0.2) is 52.8 Å². The van der Waals surface area contributed by atoms with Gasteiger partial charge in [-0.15, -0.1) is 0 Å². The molecule has 0 saturated carbocycles. The minimum Gasteiger partial charge on any atom is -0.316 e. The number of hydrogen-bond donors (Lipinski definition) is 0. The van der Waals surface area contributed by atoms with Crippen LogP contribution in [0, 0.1) is 5.82 Å². The molecular weight excluding hydrogens is 287 g/mol. The Kier molecular flexibility index (Phi) is 3.49. The van der Waals surface area contributed by atoms with Crippen molar-refractivity contribution in [3.8, 4) is 0 Å². The summed E-state index contributed by atoms with van der Waals surface area (Å²) >= 11 is 0. The fraction of sp³-hybridized carbons (Fsp3) is 0.154. The van der Waals surface area contributed by atoms with Crippen molar-refractivity contribution in [3.05, 3.63) is 74.9 Å². The summed E-state index contributed by atoms with van der Waals surface area (Å²) in [6.07, 6.45) is 0.750. The highest BCUT2D eigenvalue weighted by atomic mass is 19.1. The Hall–Kier alpha value is -3.28. The van der Waals surface area contributed by atoms with Crippen LogP contribution in [-0.4, -0.2) is 11.1 Å². The van der Waals surface area contributed by atoms with Crippen molar-refractivity contribution >= 4 is 11.5 Å². The van der Waals surface area contributed by atoms with Gasteiger partial charge in [-0.3, -0.25) is 0 Å². The van der Waals surface area contributed by atoms with Gasteiger partial charge in [0.15, 0.2) is 0 Å². The molecule has 0 saturated heterocycles. The number of pyridine rings is 1. The lowest BCUT2D eigenvalue weighted by Crippen LogP contribution is -2.27. The van der Waals surface area contributed by atoms with Crippen molar-refractivity contribution in [1.82, 2.24) is 4.98 Å². The van der Waals surface area contributed by atoms with E-state index in [-0.39, 0.29) is 0 Å². The highest BCUT2D eigenvalue weighted by Crippen LogP contribution is 2.46. The van der Waals surface area contributed by atoms with E-state index in [0.29, 0.717) is 17.1 Å². The van der Waals surface area contributed by atoms with E-state index in [9.17, 15) is 4.39 Å². The lowest BCUT2D eigenvalue weighted by molar-refractivity contribution is 0.579. The molecule has 9 heteroatoms. The summed E-state index contributed by atoms with van der Waals surface area (Å²) in [5.74, 6) is 0.0582. The van der Waals surface area contributed by atoms with Gasteiger partial charge >= 0.3 is 0 Å². The molecule has 0 aliphatic carbocycles. The second-order valence-corrected chi connectivity index (χ2v) is 4.53. The minimum atomic E-state index is -0.840. The summed E-state index contributed by atoms with van der Waals surface area (Å²) in [5.41, 5.74) is 18.6. The molecule has 22 heavy (non-hydrogen) atoms. The van der Waals surface area contributed by atoms with Gasteiger partial charge in [0.25, 0.3) is 0 Å². The topological polar surface area (TPSA) is 114 Å². The molecule has 1 aliphatic rings. The minimum absolute atomic E-state index is 0.459. The predicted molar refractivity (Wildman–Crippen MR) is 77.6 cm³/mol. The van der Waals surface area contributed by atoms with E-state index >= 15 is 0 Å². The molecule has 0 radical (unpaired) electrons. The lowest BCUT2D eigenvalue weighted by Gasteiger charge is -2.24. The number of nitrogens with zero attached hydrogens (tertiary/aromatic N) is 8.